The van der Waals surface area contributed by atoms with Gasteiger partial charge in [-0.25, -0.2) is 4.98 Å². The molecule has 1 atom stereocenters. The second-order valence-electron chi connectivity index (χ2n) is 7.57. The summed E-state index contributed by atoms with van der Waals surface area (Å²) < 4.78 is 5.81. The van der Waals surface area contributed by atoms with Gasteiger partial charge in [-0.3, -0.25) is 14.6 Å². The van der Waals surface area contributed by atoms with Gasteiger partial charge in [0.1, 0.15) is 11.4 Å². The first-order valence-electron chi connectivity index (χ1n) is 10.0. The van der Waals surface area contributed by atoms with Gasteiger partial charge < -0.3 is 14.6 Å². The number of benzene rings is 1. The number of amides is 1. The van der Waals surface area contributed by atoms with E-state index in [1.165, 1.54) is 6.07 Å². The zero-order valence-corrected chi connectivity index (χ0v) is 17.1. The third-order valence-electron chi connectivity index (χ3n) is 5.38. The Kier molecular flexibility index (Phi) is 5.61. The number of aromatic nitrogens is 3. The molecule has 7 heteroatoms. The molecule has 30 heavy (non-hydrogen) atoms. The number of pyridine rings is 1. The van der Waals surface area contributed by atoms with Gasteiger partial charge in [0.2, 0.25) is 0 Å². The number of likely N-dealkylation sites (tertiary alicyclic amines) is 1. The topological polar surface area (TPSA) is 88.2 Å². The number of H-pyrrole nitrogens is 1. The molecule has 154 valence electrons. The molecule has 3 aromatic rings. The van der Waals surface area contributed by atoms with Gasteiger partial charge >= 0.3 is 0 Å². The molecule has 3 heterocycles. The number of para-hydroxylation sites is 1. The van der Waals surface area contributed by atoms with Crippen LogP contribution in [0, 0.1) is 13.8 Å². The highest BCUT2D eigenvalue weighted by Gasteiger charge is 2.29. The zero-order chi connectivity index (χ0) is 21.1. The molecule has 4 rings (SSSR count). The summed E-state index contributed by atoms with van der Waals surface area (Å²) in [6.07, 6.45) is 2.42. The van der Waals surface area contributed by atoms with E-state index < -0.39 is 0 Å². The van der Waals surface area contributed by atoms with Crippen LogP contribution in [0.15, 0.2) is 53.5 Å². The predicted molar refractivity (Wildman–Crippen MR) is 113 cm³/mol. The fourth-order valence-corrected chi connectivity index (χ4v) is 3.79. The van der Waals surface area contributed by atoms with Crippen LogP contribution in [-0.4, -0.2) is 45.5 Å². The van der Waals surface area contributed by atoms with Crippen molar-refractivity contribution in [3.63, 3.8) is 0 Å². The van der Waals surface area contributed by atoms with Crippen LogP contribution in [0.1, 0.15) is 29.2 Å². The molecule has 1 fully saturated rings. The standard InChI is InChI=1S/C23H24N4O3/c1-15-6-5-7-16(2)22(15)30-14-21(29)27-11-9-17(13-27)19-12-20(28)26-23(25-19)18-8-3-4-10-24-18/h3-8,10,12,17H,9,11,13-14H2,1-2H3,(H,25,26,28). The van der Waals surface area contributed by atoms with Crippen LogP contribution in [-0.2, 0) is 4.79 Å². The third-order valence-corrected chi connectivity index (χ3v) is 5.38. The average Bonchev–Trinajstić information content (AvgIpc) is 3.24. The van der Waals surface area contributed by atoms with E-state index in [1.807, 2.05) is 44.2 Å². The molecule has 0 bridgehead atoms. The van der Waals surface area contributed by atoms with Gasteiger partial charge in [-0.1, -0.05) is 24.3 Å². The van der Waals surface area contributed by atoms with Crippen molar-refractivity contribution in [2.45, 2.75) is 26.2 Å². The Morgan fingerprint density at radius 3 is 2.73 bits per heavy atom. The lowest BCUT2D eigenvalue weighted by atomic mass is 10.0. The SMILES string of the molecule is Cc1cccc(C)c1OCC(=O)N1CCC(c2cc(=O)[nH]c(-c3ccccn3)n2)C1. The molecule has 0 spiro atoms. The Morgan fingerprint density at radius 1 is 1.20 bits per heavy atom. The number of rotatable bonds is 5. The zero-order valence-electron chi connectivity index (χ0n) is 17.1. The number of carbonyl (C=O) groups is 1. The number of nitrogens with zero attached hydrogens (tertiary/aromatic N) is 3. The molecular formula is C23H24N4O3. The minimum Gasteiger partial charge on any atom is -0.483 e. The van der Waals surface area contributed by atoms with E-state index in [9.17, 15) is 9.59 Å². The molecule has 7 nitrogen and oxygen atoms in total. The Hall–Kier alpha value is -3.48. The van der Waals surface area contributed by atoms with E-state index in [0.717, 1.165) is 23.3 Å². The molecule has 1 aromatic carbocycles. The Labute approximate surface area is 174 Å². The van der Waals surface area contributed by atoms with E-state index in [4.69, 9.17) is 4.74 Å². The smallest absolute Gasteiger partial charge is 0.260 e. The van der Waals surface area contributed by atoms with Crippen LogP contribution < -0.4 is 10.3 Å². The summed E-state index contributed by atoms with van der Waals surface area (Å²) in [4.78, 5) is 38.2. The molecule has 1 amide bonds. The lowest BCUT2D eigenvalue weighted by Gasteiger charge is -2.18. The van der Waals surface area contributed by atoms with E-state index in [1.54, 1.807) is 17.2 Å². The highest BCUT2D eigenvalue weighted by molar-refractivity contribution is 5.78. The van der Waals surface area contributed by atoms with Crippen LogP contribution in [0.3, 0.4) is 0 Å². The lowest BCUT2D eigenvalue weighted by Crippen LogP contribution is -2.33. The van der Waals surface area contributed by atoms with Gasteiger partial charge in [0, 0.05) is 31.3 Å². The number of hydrogen-bond acceptors (Lipinski definition) is 5. The van der Waals surface area contributed by atoms with Crippen LogP contribution in [0.25, 0.3) is 11.5 Å². The van der Waals surface area contributed by atoms with Crippen molar-refractivity contribution < 1.29 is 9.53 Å². The maximum Gasteiger partial charge on any atom is 0.260 e. The van der Waals surface area contributed by atoms with E-state index >= 15 is 0 Å². The minimum atomic E-state index is -0.219. The number of aromatic amines is 1. The molecule has 1 saturated heterocycles. The highest BCUT2D eigenvalue weighted by Crippen LogP contribution is 2.27. The van der Waals surface area contributed by atoms with Gasteiger partial charge in [-0.2, -0.15) is 0 Å². The quantitative estimate of drug-likeness (QED) is 0.706. The Bertz CT molecular complexity index is 1090. The van der Waals surface area contributed by atoms with Crippen LogP contribution in [0.5, 0.6) is 5.75 Å². The number of hydrogen-bond donors (Lipinski definition) is 1. The van der Waals surface area contributed by atoms with Gasteiger partial charge in [-0.05, 0) is 43.5 Å². The van der Waals surface area contributed by atoms with Crippen molar-refractivity contribution in [2.24, 2.45) is 0 Å². The van der Waals surface area contributed by atoms with Gasteiger partial charge in [0.05, 0.1) is 5.69 Å². The molecular weight excluding hydrogens is 380 g/mol. The summed E-state index contributed by atoms with van der Waals surface area (Å²) in [5.41, 5.74) is 3.10. The minimum absolute atomic E-state index is 0.000397. The fourth-order valence-electron chi connectivity index (χ4n) is 3.79. The van der Waals surface area contributed by atoms with Crippen molar-refractivity contribution in [3.8, 4) is 17.3 Å². The van der Waals surface area contributed by atoms with Crippen LogP contribution >= 0.6 is 0 Å². The third kappa shape index (κ3) is 4.25. The monoisotopic (exact) mass is 404 g/mol. The molecule has 0 saturated carbocycles. The van der Waals surface area contributed by atoms with E-state index in [0.29, 0.717) is 30.3 Å². The van der Waals surface area contributed by atoms with Gasteiger partial charge in [-0.15, -0.1) is 0 Å². The van der Waals surface area contributed by atoms with Crippen molar-refractivity contribution >= 4 is 5.91 Å². The maximum atomic E-state index is 12.7. The van der Waals surface area contributed by atoms with Crippen molar-refractivity contribution in [3.05, 3.63) is 75.8 Å². The summed E-state index contributed by atoms with van der Waals surface area (Å²) in [5.74, 6) is 1.16. The Morgan fingerprint density at radius 2 is 2.00 bits per heavy atom. The van der Waals surface area contributed by atoms with Crippen LogP contribution in [0.2, 0.25) is 0 Å². The summed E-state index contributed by atoms with van der Waals surface area (Å²) in [7, 11) is 0. The number of nitrogens with one attached hydrogen (secondary N) is 1. The molecule has 0 radical (unpaired) electrons. The summed E-state index contributed by atoms with van der Waals surface area (Å²) in [6.45, 7) is 5.08. The fraction of sp³-hybridized carbons (Fsp3) is 0.304. The number of carbonyl (C=O) groups excluding carboxylic acids is 1. The second-order valence-corrected chi connectivity index (χ2v) is 7.57. The number of ether oxygens (including phenoxy) is 1. The first-order chi connectivity index (χ1) is 14.5. The summed E-state index contributed by atoms with van der Waals surface area (Å²) >= 11 is 0. The van der Waals surface area contributed by atoms with Gasteiger partial charge in [0.15, 0.2) is 12.4 Å². The lowest BCUT2D eigenvalue weighted by molar-refractivity contribution is -0.132. The predicted octanol–water partition coefficient (Wildman–Crippen LogP) is 2.84. The first kappa shape index (κ1) is 19.8. The summed E-state index contributed by atoms with van der Waals surface area (Å²) in [5, 5.41) is 0. The largest absolute Gasteiger partial charge is 0.483 e. The molecule has 1 aliphatic rings. The molecule has 1 unspecified atom stereocenters. The molecule has 2 aromatic heterocycles. The van der Waals surface area contributed by atoms with Crippen molar-refractivity contribution in [2.75, 3.05) is 19.7 Å². The number of aryl methyl sites for hydroxylation is 2. The highest BCUT2D eigenvalue weighted by atomic mass is 16.5. The molecule has 1 aliphatic heterocycles. The van der Waals surface area contributed by atoms with Crippen molar-refractivity contribution in [1.29, 1.82) is 0 Å². The van der Waals surface area contributed by atoms with Gasteiger partial charge in [0.25, 0.3) is 11.5 Å². The summed E-state index contributed by atoms with van der Waals surface area (Å²) in [6, 6.07) is 12.9. The molecule has 1 N–H and O–H groups in total. The first-order valence-corrected chi connectivity index (χ1v) is 10.0. The van der Waals surface area contributed by atoms with Crippen molar-refractivity contribution in [1.82, 2.24) is 19.9 Å². The van der Waals surface area contributed by atoms with Crippen LogP contribution in [0.4, 0.5) is 0 Å². The average molecular weight is 404 g/mol. The molecule has 0 aliphatic carbocycles. The maximum absolute atomic E-state index is 12.7. The van der Waals surface area contributed by atoms with E-state index in [-0.39, 0.29) is 24.0 Å². The Balaban J connectivity index is 1.44. The normalized spacial score (nSPS) is 15.9. The van der Waals surface area contributed by atoms with E-state index in [2.05, 4.69) is 15.0 Å². The second kappa shape index (κ2) is 8.49.